The van der Waals surface area contributed by atoms with Crippen LogP contribution < -0.4 is 10.6 Å². The van der Waals surface area contributed by atoms with E-state index in [1.165, 1.54) is 12.1 Å². The first-order valence-electron chi connectivity index (χ1n) is 12.9. The normalized spacial score (nSPS) is 15.1. The molecule has 1 aliphatic rings. The van der Waals surface area contributed by atoms with E-state index in [2.05, 4.69) is 37.4 Å². The standard InChI is InChI=1S/C29H27FN8O2/c1-3-25(39)37-12-10-20(15-37)33-28-26-21(9-11-31-27(26)35-36-28)18-7-8-19(22(30)13-18)14-32-29(40)23-16-38-17(2)5-4-6-24(38)34-23/h3-9,11,13,16,20H,1,10,12,14-15H2,2H3,(H,32,40)(H2,31,33,35,36)/t20-/m1/s1. The number of aryl methyl sites for hydroxylation is 1. The summed E-state index contributed by atoms with van der Waals surface area (Å²) in [5.41, 5.74) is 4.22. The van der Waals surface area contributed by atoms with E-state index in [-0.39, 0.29) is 30.1 Å². The van der Waals surface area contributed by atoms with E-state index in [1.807, 2.05) is 41.7 Å². The number of hydrogen-bond donors (Lipinski definition) is 3. The third kappa shape index (κ3) is 4.66. The molecule has 10 nitrogen and oxygen atoms in total. The summed E-state index contributed by atoms with van der Waals surface area (Å²) >= 11 is 0. The van der Waals surface area contributed by atoms with Gasteiger partial charge < -0.3 is 19.9 Å². The van der Waals surface area contributed by atoms with Crippen LogP contribution in [-0.2, 0) is 11.3 Å². The Labute approximate surface area is 228 Å². The van der Waals surface area contributed by atoms with Crippen LogP contribution in [0.15, 0.2) is 67.5 Å². The number of halogens is 1. The summed E-state index contributed by atoms with van der Waals surface area (Å²) in [6.07, 6.45) is 5.40. The molecule has 0 spiro atoms. The molecule has 1 aliphatic heterocycles. The van der Waals surface area contributed by atoms with Crippen LogP contribution in [0.2, 0.25) is 0 Å². The number of hydrogen-bond acceptors (Lipinski definition) is 6. The van der Waals surface area contributed by atoms with Crippen LogP contribution in [0.1, 0.15) is 28.2 Å². The number of nitrogens with one attached hydrogen (secondary N) is 3. The second-order valence-corrected chi connectivity index (χ2v) is 9.78. The molecule has 2 amide bonds. The van der Waals surface area contributed by atoms with Crippen molar-refractivity contribution < 1.29 is 14.0 Å². The molecule has 1 saturated heterocycles. The number of aromatic amines is 1. The molecule has 0 saturated carbocycles. The topological polar surface area (TPSA) is 120 Å². The maximum absolute atomic E-state index is 15.2. The highest BCUT2D eigenvalue weighted by Gasteiger charge is 2.26. The number of likely N-dealkylation sites (tertiary alicyclic amines) is 1. The van der Waals surface area contributed by atoms with Crippen molar-refractivity contribution in [3.05, 3.63) is 90.3 Å². The predicted octanol–water partition coefficient (Wildman–Crippen LogP) is 3.85. The number of rotatable bonds is 7. The highest BCUT2D eigenvalue weighted by molar-refractivity contribution is 6.00. The Morgan fingerprint density at radius 3 is 2.92 bits per heavy atom. The van der Waals surface area contributed by atoms with E-state index in [9.17, 15) is 9.59 Å². The smallest absolute Gasteiger partial charge is 0.271 e. The lowest BCUT2D eigenvalue weighted by Gasteiger charge is -2.15. The summed E-state index contributed by atoms with van der Waals surface area (Å²) in [6.45, 7) is 6.68. The van der Waals surface area contributed by atoms with Crippen molar-refractivity contribution >= 4 is 34.3 Å². The summed E-state index contributed by atoms with van der Waals surface area (Å²) in [5.74, 6) is -0.327. The molecular formula is C29H27FN8O2. The lowest BCUT2D eigenvalue weighted by Crippen LogP contribution is -2.30. The Morgan fingerprint density at radius 2 is 2.12 bits per heavy atom. The SMILES string of the molecule is C=CC(=O)N1CC[C@@H](Nc2n[nH]c3nccc(-c4ccc(CNC(=O)c5cn6c(C)cccc6n5)c(F)c4)c23)C1. The van der Waals surface area contributed by atoms with Crippen molar-refractivity contribution in [2.75, 3.05) is 18.4 Å². The van der Waals surface area contributed by atoms with Crippen LogP contribution in [0.25, 0.3) is 27.8 Å². The van der Waals surface area contributed by atoms with Crippen molar-refractivity contribution in [1.29, 1.82) is 0 Å². The van der Waals surface area contributed by atoms with E-state index in [0.29, 0.717) is 41.3 Å². The number of carbonyl (C=O) groups excluding carboxylic acids is 2. The molecule has 6 rings (SSSR count). The average molecular weight is 539 g/mol. The van der Waals surface area contributed by atoms with E-state index in [0.717, 1.165) is 23.1 Å². The first-order chi connectivity index (χ1) is 19.4. The number of pyridine rings is 2. The minimum atomic E-state index is -0.444. The lowest BCUT2D eigenvalue weighted by atomic mass is 10.0. The van der Waals surface area contributed by atoms with Crippen LogP contribution in [0, 0.1) is 12.7 Å². The Bertz CT molecular complexity index is 1770. The number of amides is 2. The molecule has 0 bridgehead atoms. The largest absolute Gasteiger partial charge is 0.363 e. The van der Waals surface area contributed by atoms with Gasteiger partial charge in [0.1, 0.15) is 17.2 Å². The number of H-pyrrole nitrogens is 1. The first kappa shape index (κ1) is 25.2. The minimum absolute atomic E-state index is 0.0167. The van der Waals surface area contributed by atoms with E-state index in [1.54, 1.807) is 23.4 Å². The van der Waals surface area contributed by atoms with Crippen molar-refractivity contribution in [1.82, 2.24) is 34.8 Å². The van der Waals surface area contributed by atoms with Crippen molar-refractivity contribution in [2.45, 2.75) is 25.9 Å². The van der Waals surface area contributed by atoms with Crippen molar-refractivity contribution in [3.63, 3.8) is 0 Å². The maximum atomic E-state index is 15.2. The molecule has 11 heteroatoms. The second kappa shape index (κ2) is 10.3. The average Bonchev–Trinajstić information content (AvgIpc) is 3.71. The summed E-state index contributed by atoms with van der Waals surface area (Å²) in [5, 5.41) is 14.2. The van der Waals surface area contributed by atoms with E-state index in [4.69, 9.17) is 0 Å². The van der Waals surface area contributed by atoms with Gasteiger partial charge in [-0.15, -0.1) is 0 Å². The highest BCUT2D eigenvalue weighted by Crippen LogP contribution is 2.33. The molecule has 1 atom stereocenters. The van der Waals surface area contributed by atoms with Crippen LogP contribution in [0.5, 0.6) is 0 Å². The molecule has 0 aliphatic carbocycles. The first-order valence-corrected chi connectivity index (χ1v) is 12.9. The molecule has 1 fully saturated rings. The van der Waals surface area contributed by atoms with Gasteiger partial charge >= 0.3 is 0 Å². The van der Waals surface area contributed by atoms with Crippen LogP contribution >= 0.6 is 0 Å². The molecule has 202 valence electrons. The number of carbonyl (C=O) groups is 2. The quantitative estimate of drug-likeness (QED) is 0.271. The van der Waals surface area contributed by atoms with Gasteiger partial charge in [0, 0.05) is 49.3 Å². The molecule has 1 aromatic carbocycles. The molecule has 0 unspecified atom stereocenters. The Morgan fingerprint density at radius 1 is 1.25 bits per heavy atom. The second-order valence-electron chi connectivity index (χ2n) is 9.78. The van der Waals surface area contributed by atoms with Gasteiger partial charge in [0.15, 0.2) is 11.5 Å². The van der Waals surface area contributed by atoms with Crippen molar-refractivity contribution in [2.24, 2.45) is 0 Å². The number of benzene rings is 1. The predicted molar refractivity (Wildman–Crippen MR) is 149 cm³/mol. The zero-order valence-corrected chi connectivity index (χ0v) is 21.8. The van der Waals surface area contributed by atoms with Gasteiger partial charge in [-0.05, 0) is 54.8 Å². The van der Waals surface area contributed by atoms with Crippen molar-refractivity contribution in [3.8, 4) is 11.1 Å². The molecule has 4 aromatic heterocycles. The fourth-order valence-electron chi connectivity index (χ4n) is 5.08. The summed E-state index contributed by atoms with van der Waals surface area (Å²) < 4.78 is 17.1. The number of nitrogens with zero attached hydrogens (tertiary/aromatic N) is 5. The zero-order chi connectivity index (χ0) is 27.8. The van der Waals surface area contributed by atoms with Crippen LogP contribution in [0.4, 0.5) is 10.2 Å². The number of fused-ring (bicyclic) bond motifs is 2. The molecule has 5 heterocycles. The Balaban J connectivity index is 1.20. The number of aromatic nitrogens is 5. The minimum Gasteiger partial charge on any atom is -0.363 e. The molecule has 40 heavy (non-hydrogen) atoms. The number of imidazole rings is 1. The lowest BCUT2D eigenvalue weighted by molar-refractivity contribution is -0.125. The summed E-state index contributed by atoms with van der Waals surface area (Å²) in [4.78, 5) is 35.1. The molecule has 3 N–H and O–H groups in total. The van der Waals surface area contributed by atoms with Gasteiger partial charge in [-0.3, -0.25) is 14.7 Å². The number of anilines is 1. The third-order valence-electron chi connectivity index (χ3n) is 7.21. The molecule has 0 radical (unpaired) electrons. The fourth-order valence-corrected chi connectivity index (χ4v) is 5.08. The third-order valence-corrected chi connectivity index (χ3v) is 7.21. The van der Waals surface area contributed by atoms with Gasteiger partial charge in [-0.2, -0.15) is 5.10 Å². The fraction of sp³-hybridized carbons (Fsp3) is 0.207. The molecule has 5 aromatic rings. The Hall–Kier alpha value is -5.06. The van der Waals surface area contributed by atoms with E-state index < -0.39 is 5.82 Å². The summed E-state index contributed by atoms with van der Waals surface area (Å²) in [6, 6.07) is 12.4. The highest BCUT2D eigenvalue weighted by atomic mass is 19.1. The van der Waals surface area contributed by atoms with Gasteiger partial charge in [-0.25, -0.2) is 14.4 Å². The maximum Gasteiger partial charge on any atom is 0.271 e. The molecular weight excluding hydrogens is 511 g/mol. The monoisotopic (exact) mass is 538 g/mol. The van der Waals surface area contributed by atoms with Gasteiger partial charge in [0.25, 0.3) is 5.91 Å². The van der Waals surface area contributed by atoms with Gasteiger partial charge in [0.2, 0.25) is 5.91 Å². The van der Waals surface area contributed by atoms with Crippen LogP contribution in [0.3, 0.4) is 0 Å². The zero-order valence-electron chi connectivity index (χ0n) is 21.8. The Kier molecular flexibility index (Phi) is 6.47. The van der Waals surface area contributed by atoms with Crippen LogP contribution in [-0.4, -0.2) is 60.4 Å². The van der Waals surface area contributed by atoms with Gasteiger partial charge in [0.05, 0.1) is 5.39 Å². The summed E-state index contributed by atoms with van der Waals surface area (Å²) in [7, 11) is 0. The van der Waals surface area contributed by atoms with Gasteiger partial charge in [-0.1, -0.05) is 24.8 Å². The van der Waals surface area contributed by atoms with E-state index >= 15 is 4.39 Å².